The van der Waals surface area contributed by atoms with Crippen molar-refractivity contribution >= 4 is 11.8 Å². The smallest absolute Gasteiger partial charge is 0.142 e. The molecule has 0 radical (unpaired) electrons. The van der Waals surface area contributed by atoms with Gasteiger partial charge in [0.05, 0.1) is 18.9 Å². The monoisotopic (exact) mass is 284 g/mol. The minimum atomic E-state index is 0.704. The lowest BCUT2D eigenvalue weighted by Crippen LogP contribution is -2.20. The first-order chi connectivity index (χ1) is 9.27. The summed E-state index contributed by atoms with van der Waals surface area (Å²) in [6, 6.07) is 3.99. The van der Waals surface area contributed by atoms with Crippen LogP contribution in [0.3, 0.4) is 0 Å². The standard InChI is InChI=1S/C14H24N2O2S/c1-4-19-10-9-18-14-6-5-12(2)16-13(14)11-15-7-8-17-3/h5-6,15H,4,7-11H2,1-3H3. The average molecular weight is 284 g/mol. The second kappa shape index (κ2) is 10.1. The first-order valence-corrected chi connectivity index (χ1v) is 7.80. The van der Waals surface area contributed by atoms with Gasteiger partial charge in [-0.25, -0.2) is 0 Å². The molecule has 1 aromatic rings. The van der Waals surface area contributed by atoms with E-state index < -0.39 is 0 Å². The summed E-state index contributed by atoms with van der Waals surface area (Å²) in [7, 11) is 1.70. The lowest BCUT2D eigenvalue weighted by molar-refractivity contribution is 0.199. The van der Waals surface area contributed by atoms with E-state index >= 15 is 0 Å². The van der Waals surface area contributed by atoms with Crippen molar-refractivity contribution in [2.75, 3.05) is 38.4 Å². The van der Waals surface area contributed by atoms with Crippen LogP contribution in [-0.2, 0) is 11.3 Å². The van der Waals surface area contributed by atoms with Gasteiger partial charge in [-0.2, -0.15) is 11.8 Å². The fraction of sp³-hybridized carbons (Fsp3) is 0.643. The van der Waals surface area contributed by atoms with Crippen LogP contribution in [-0.4, -0.2) is 43.4 Å². The Bertz CT molecular complexity index is 361. The van der Waals surface area contributed by atoms with Crippen LogP contribution in [0.1, 0.15) is 18.3 Å². The van der Waals surface area contributed by atoms with Crippen LogP contribution in [0.5, 0.6) is 5.75 Å². The molecular formula is C14H24N2O2S. The van der Waals surface area contributed by atoms with Crippen LogP contribution in [0.15, 0.2) is 12.1 Å². The van der Waals surface area contributed by atoms with Crippen molar-refractivity contribution < 1.29 is 9.47 Å². The highest BCUT2D eigenvalue weighted by Crippen LogP contribution is 2.17. The van der Waals surface area contributed by atoms with Gasteiger partial charge in [0, 0.05) is 31.6 Å². The van der Waals surface area contributed by atoms with Crippen molar-refractivity contribution in [3.8, 4) is 5.75 Å². The molecule has 0 saturated carbocycles. The quantitative estimate of drug-likeness (QED) is 0.668. The third-order valence-electron chi connectivity index (χ3n) is 2.54. The fourth-order valence-corrected chi connectivity index (χ4v) is 2.08. The topological polar surface area (TPSA) is 43.4 Å². The summed E-state index contributed by atoms with van der Waals surface area (Å²) in [6.45, 7) is 7.11. The van der Waals surface area contributed by atoms with Crippen LogP contribution in [0, 0.1) is 6.92 Å². The van der Waals surface area contributed by atoms with Crippen molar-refractivity contribution in [3.05, 3.63) is 23.5 Å². The summed E-state index contributed by atoms with van der Waals surface area (Å²) in [5, 5.41) is 3.30. The molecule has 0 aromatic carbocycles. The Morgan fingerprint density at radius 3 is 2.89 bits per heavy atom. The number of nitrogens with zero attached hydrogens (tertiary/aromatic N) is 1. The second-order valence-electron chi connectivity index (χ2n) is 4.11. The summed E-state index contributed by atoms with van der Waals surface area (Å²) < 4.78 is 10.8. The lowest BCUT2D eigenvalue weighted by atomic mass is 10.3. The highest BCUT2D eigenvalue weighted by atomic mass is 32.2. The fourth-order valence-electron chi connectivity index (χ4n) is 1.59. The van der Waals surface area contributed by atoms with Gasteiger partial charge >= 0.3 is 0 Å². The van der Waals surface area contributed by atoms with Crippen molar-refractivity contribution in [1.82, 2.24) is 10.3 Å². The van der Waals surface area contributed by atoms with Gasteiger partial charge in [-0.15, -0.1) is 0 Å². The maximum absolute atomic E-state index is 5.80. The summed E-state index contributed by atoms with van der Waals surface area (Å²) in [4.78, 5) is 4.53. The number of aryl methyl sites for hydroxylation is 1. The normalized spacial score (nSPS) is 10.7. The zero-order valence-electron chi connectivity index (χ0n) is 12.1. The van der Waals surface area contributed by atoms with Crippen molar-refractivity contribution in [2.24, 2.45) is 0 Å². The van der Waals surface area contributed by atoms with E-state index in [1.54, 1.807) is 7.11 Å². The molecule has 0 fully saturated rings. The molecule has 1 heterocycles. The number of hydrogen-bond donors (Lipinski definition) is 1. The van der Waals surface area contributed by atoms with Crippen LogP contribution >= 0.6 is 11.8 Å². The Balaban J connectivity index is 2.48. The number of methoxy groups -OCH3 is 1. The molecule has 1 rings (SSSR count). The van der Waals surface area contributed by atoms with Crippen molar-refractivity contribution in [2.45, 2.75) is 20.4 Å². The molecule has 0 bridgehead atoms. The molecule has 0 aliphatic carbocycles. The van der Waals surface area contributed by atoms with E-state index in [1.165, 1.54) is 0 Å². The van der Waals surface area contributed by atoms with E-state index in [9.17, 15) is 0 Å². The Kier molecular flexibility index (Phi) is 8.62. The molecular weight excluding hydrogens is 260 g/mol. The number of ether oxygens (including phenoxy) is 2. The maximum atomic E-state index is 5.80. The first-order valence-electron chi connectivity index (χ1n) is 6.64. The van der Waals surface area contributed by atoms with Gasteiger partial charge in [-0.05, 0) is 24.8 Å². The van der Waals surface area contributed by atoms with E-state index in [1.807, 2.05) is 30.8 Å². The van der Waals surface area contributed by atoms with Crippen LogP contribution in [0.25, 0.3) is 0 Å². The van der Waals surface area contributed by atoms with Crippen molar-refractivity contribution in [1.29, 1.82) is 0 Å². The summed E-state index contributed by atoms with van der Waals surface area (Å²) in [5.74, 6) is 3.02. The first kappa shape index (κ1) is 16.3. The molecule has 0 saturated heterocycles. The Labute approximate surface area is 120 Å². The number of rotatable bonds is 10. The molecule has 5 heteroatoms. The minimum Gasteiger partial charge on any atom is -0.491 e. The number of hydrogen-bond acceptors (Lipinski definition) is 5. The summed E-state index contributed by atoms with van der Waals surface area (Å²) >= 11 is 1.88. The largest absolute Gasteiger partial charge is 0.491 e. The molecule has 19 heavy (non-hydrogen) atoms. The number of nitrogens with one attached hydrogen (secondary N) is 1. The van der Waals surface area contributed by atoms with Gasteiger partial charge in [-0.3, -0.25) is 4.98 Å². The van der Waals surface area contributed by atoms with Gasteiger partial charge in [-0.1, -0.05) is 6.92 Å². The third kappa shape index (κ3) is 6.80. The van der Waals surface area contributed by atoms with E-state index in [2.05, 4.69) is 17.2 Å². The molecule has 4 nitrogen and oxygen atoms in total. The van der Waals surface area contributed by atoms with E-state index in [-0.39, 0.29) is 0 Å². The van der Waals surface area contributed by atoms with E-state index in [0.717, 1.165) is 41.8 Å². The summed E-state index contributed by atoms with van der Waals surface area (Å²) in [6.07, 6.45) is 0. The van der Waals surface area contributed by atoms with Gasteiger partial charge in [0.1, 0.15) is 5.75 Å². The highest BCUT2D eigenvalue weighted by molar-refractivity contribution is 7.99. The summed E-state index contributed by atoms with van der Waals surface area (Å²) in [5.41, 5.74) is 1.98. The van der Waals surface area contributed by atoms with Crippen molar-refractivity contribution in [3.63, 3.8) is 0 Å². The minimum absolute atomic E-state index is 0.704. The molecule has 0 unspecified atom stereocenters. The van der Waals surface area contributed by atoms with Gasteiger partial charge in [0.15, 0.2) is 0 Å². The van der Waals surface area contributed by atoms with Gasteiger partial charge < -0.3 is 14.8 Å². The number of aromatic nitrogens is 1. The Morgan fingerprint density at radius 1 is 1.32 bits per heavy atom. The van der Waals surface area contributed by atoms with Crippen LogP contribution < -0.4 is 10.1 Å². The predicted octanol–water partition coefficient (Wildman–Crippen LogP) is 2.26. The lowest BCUT2D eigenvalue weighted by Gasteiger charge is -2.12. The van der Waals surface area contributed by atoms with Gasteiger partial charge in [0.25, 0.3) is 0 Å². The molecule has 0 amide bonds. The molecule has 1 N–H and O–H groups in total. The van der Waals surface area contributed by atoms with Crippen LogP contribution in [0.2, 0.25) is 0 Å². The molecule has 0 spiro atoms. The molecule has 0 atom stereocenters. The molecule has 1 aromatic heterocycles. The Morgan fingerprint density at radius 2 is 2.16 bits per heavy atom. The Hall–Kier alpha value is -0.780. The average Bonchev–Trinajstić information content (AvgIpc) is 2.41. The SMILES string of the molecule is CCSCCOc1ccc(C)nc1CNCCOC. The molecule has 108 valence electrons. The number of pyridine rings is 1. The number of thioether (sulfide) groups is 1. The van der Waals surface area contributed by atoms with Gasteiger partial charge in [0.2, 0.25) is 0 Å². The predicted molar refractivity (Wildman–Crippen MR) is 81.1 cm³/mol. The zero-order chi connectivity index (χ0) is 13.9. The molecule has 0 aliphatic rings. The highest BCUT2D eigenvalue weighted by Gasteiger charge is 2.05. The third-order valence-corrected chi connectivity index (χ3v) is 3.40. The van der Waals surface area contributed by atoms with E-state index in [0.29, 0.717) is 13.2 Å². The van der Waals surface area contributed by atoms with Crippen LogP contribution in [0.4, 0.5) is 0 Å². The second-order valence-corrected chi connectivity index (χ2v) is 5.51. The zero-order valence-corrected chi connectivity index (χ0v) is 12.9. The maximum Gasteiger partial charge on any atom is 0.142 e. The molecule has 0 aliphatic heterocycles. The van der Waals surface area contributed by atoms with E-state index in [4.69, 9.17) is 9.47 Å².